The number of carbonyl (C=O) groups excluding carboxylic acids is 1. The first-order valence-electron chi connectivity index (χ1n) is 5.69. The van der Waals surface area contributed by atoms with Crippen molar-refractivity contribution in [1.29, 1.82) is 0 Å². The van der Waals surface area contributed by atoms with Crippen LogP contribution in [-0.4, -0.2) is 16.0 Å². The first-order chi connectivity index (χ1) is 7.02. The van der Waals surface area contributed by atoms with Gasteiger partial charge in [-0.2, -0.15) is 0 Å². The molecule has 0 aromatic rings. The second-order valence-corrected chi connectivity index (χ2v) is 6.16. The second-order valence-electron chi connectivity index (χ2n) is 4.65. The summed E-state index contributed by atoms with van der Waals surface area (Å²) in [6.45, 7) is 6.13. The number of rotatable bonds is 2. The average molecular weight is 227 g/mol. The highest BCUT2D eigenvalue weighted by molar-refractivity contribution is 8.14. The summed E-state index contributed by atoms with van der Waals surface area (Å²) in [6, 6.07) is 0.225. The summed E-state index contributed by atoms with van der Waals surface area (Å²) in [7, 11) is 0. The lowest BCUT2D eigenvalue weighted by Gasteiger charge is -2.23. The minimum absolute atomic E-state index is 0.00449. The van der Waals surface area contributed by atoms with Crippen molar-refractivity contribution in [2.45, 2.75) is 57.2 Å². The lowest BCUT2D eigenvalue weighted by molar-refractivity contribution is 0.258. The lowest BCUT2D eigenvalue weighted by atomic mass is 10.1. The maximum absolute atomic E-state index is 11.7. The number of nitrogens with one attached hydrogen (secondary N) is 1. The van der Waals surface area contributed by atoms with Gasteiger partial charge in [0.1, 0.15) is 0 Å². The Morgan fingerprint density at radius 3 is 2.87 bits per heavy atom. The van der Waals surface area contributed by atoms with Gasteiger partial charge in [-0.25, -0.2) is 0 Å². The molecule has 1 rings (SSSR count). The molecule has 1 aliphatic rings. The van der Waals surface area contributed by atoms with Gasteiger partial charge in [0.15, 0.2) is 0 Å². The van der Waals surface area contributed by atoms with Gasteiger partial charge in [0.25, 0.3) is 5.24 Å². The molecule has 2 nitrogen and oxygen atoms in total. The Balaban J connectivity index is 2.50. The van der Waals surface area contributed by atoms with Crippen molar-refractivity contribution in [2.75, 3.05) is 0 Å². The third-order valence-corrected chi connectivity index (χ3v) is 3.61. The minimum Gasteiger partial charge on any atom is -0.345 e. The Hall–Kier alpha value is -0.440. The molecule has 0 radical (unpaired) electrons. The summed E-state index contributed by atoms with van der Waals surface area (Å²) in [6.07, 6.45) is 9.12. The number of amides is 1. The Labute approximate surface area is 96.9 Å². The van der Waals surface area contributed by atoms with E-state index in [1.54, 1.807) is 0 Å². The summed E-state index contributed by atoms with van der Waals surface area (Å²) in [5.41, 5.74) is 0. The van der Waals surface area contributed by atoms with Gasteiger partial charge in [-0.3, -0.25) is 4.79 Å². The summed E-state index contributed by atoms with van der Waals surface area (Å²) in [4.78, 5) is 11.7. The van der Waals surface area contributed by atoms with Gasteiger partial charge in [0, 0.05) is 10.8 Å². The third kappa shape index (κ3) is 4.74. The molecule has 1 amide bonds. The van der Waals surface area contributed by atoms with Crippen molar-refractivity contribution in [1.82, 2.24) is 5.32 Å². The van der Waals surface area contributed by atoms with E-state index in [4.69, 9.17) is 0 Å². The number of thioether (sulfide) groups is 1. The predicted molar refractivity (Wildman–Crippen MR) is 67.3 cm³/mol. The Bertz CT molecular complexity index is 250. The van der Waals surface area contributed by atoms with Gasteiger partial charge < -0.3 is 5.32 Å². The highest BCUT2D eigenvalue weighted by Crippen LogP contribution is 2.34. The van der Waals surface area contributed by atoms with Gasteiger partial charge in [-0.05, 0) is 40.0 Å². The van der Waals surface area contributed by atoms with Crippen LogP contribution < -0.4 is 5.32 Å². The van der Waals surface area contributed by atoms with Crippen LogP contribution in [0.4, 0.5) is 4.79 Å². The van der Waals surface area contributed by atoms with Crippen LogP contribution in [0.3, 0.4) is 0 Å². The molecule has 15 heavy (non-hydrogen) atoms. The van der Waals surface area contributed by atoms with Gasteiger partial charge in [-0.1, -0.05) is 30.3 Å². The van der Waals surface area contributed by atoms with Crippen molar-refractivity contribution in [3.8, 4) is 0 Å². The highest BCUT2D eigenvalue weighted by Gasteiger charge is 2.26. The molecule has 0 aromatic heterocycles. The van der Waals surface area contributed by atoms with Gasteiger partial charge in [-0.15, -0.1) is 0 Å². The monoisotopic (exact) mass is 227 g/mol. The van der Waals surface area contributed by atoms with E-state index in [0.29, 0.717) is 0 Å². The molecule has 0 aliphatic heterocycles. The average Bonchev–Trinajstić information content (AvgIpc) is 2.27. The first-order valence-corrected chi connectivity index (χ1v) is 6.51. The van der Waals surface area contributed by atoms with Crippen LogP contribution in [0.2, 0.25) is 0 Å². The van der Waals surface area contributed by atoms with Crippen LogP contribution in [0, 0.1) is 0 Å². The molecule has 0 unspecified atom stereocenters. The third-order valence-electron chi connectivity index (χ3n) is 2.50. The van der Waals surface area contributed by atoms with E-state index < -0.39 is 0 Å². The SMILES string of the molecule is CC(C)NC(=O)S[C@@]1(C)C=CCCCC1. The van der Waals surface area contributed by atoms with Crippen LogP contribution in [-0.2, 0) is 0 Å². The van der Waals surface area contributed by atoms with Crippen molar-refractivity contribution in [2.24, 2.45) is 0 Å². The van der Waals surface area contributed by atoms with Crippen LogP contribution in [0.15, 0.2) is 12.2 Å². The van der Waals surface area contributed by atoms with E-state index in [0.717, 1.165) is 12.8 Å². The topological polar surface area (TPSA) is 29.1 Å². The molecule has 0 bridgehead atoms. The van der Waals surface area contributed by atoms with E-state index in [1.165, 1.54) is 24.6 Å². The van der Waals surface area contributed by atoms with E-state index in [9.17, 15) is 4.79 Å². The molecule has 86 valence electrons. The number of allylic oxidation sites excluding steroid dienone is 1. The molecule has 0 heterocycles. The fourth-order valence-corrected chi connectivity index (χ4v) is 2.84. The van der Waals surface area contributed by atoms with Crippen LogP contribution in [0.1, 0.15) is 46.5 Å². The largest absolute Gasteiger partial charge is 0.345 e. The van der Waals surface area contributed by atoms with Crippen LogP contribution >= 0.6 is 11.8 Å². The van der Waals surface area contributed by atoms with Crippen LogP contribution in [0.5, 0.6) is 0 Å². The van der Waals surface area contributed by atoms with E-state index in [1.807, 2.05) is 13.8 Å². The number of carbonyl (C=O) groups is 1. The quantitative estimate of drug-likeness (QED) is 0.728. The second kappa shape index (κ2) is 5.59. The van der Waals surface area contributed by atoms with E-state index in [2.05, 4.69) is 24.4 Å². The van der Waals surface area contributed by atoms with Crippen molar-refractivity contribution < 1.29 is 4.79 Å². The lowest BCUT2D eigenvalue weighted by Crippen LogP contribution is -2.30. The Morgan fingerprint density at radius 1 is 1.47 bits per heavy atom. The van der Waals surface area contributed by atoms with Crippen molar-refractivity contribution in [3.63, 3.8) is 0 Å². The zero-order valence-corrected chi connectivity index (χ0v) is 10.7. The Kier molecular flexibility index (Phi) is 4.71. The zero-order chi connectivity index (χ0) is 11.3. The van der Waals surface area contributed by atoms with Crippen LogP contribution in [0.25, 0.3) is 0 Å². The minimum atomic E-state index is -0.00449. The van der Waals surface area contributed by atoms with Gasteiger partial charge >= 0.3 is 0 Å². The number of hydrogen-bond acceptors (Lipinski definition) is 2. The molecule has 0 spiro atoms. The summed E-state index contributed by atoms with van der Waals surface area (Å²) in [5, 5.41) is 3.02. The molecule has 1 aliphatic carbocycles. The normalized spacial score (nSPS) is 26.4. The van der Waals surface area contributed by atoms with E-state index in [-0.39, 0.29) is 16.0 Å². The van der Waals surface area contributed by atoms with Crippen molar-refractivity contribution in [3.05, 3.63) is 12.2 Å². The maximum Gasteiger partial charge on any atom is 0.280 e. The van der Waals surface area contributed by atoms with Gasteiger partial charge in [0.05, 0.1) is 0 Å². The fraction of sp³-hybridized carbons (Fsp3) is 0.750. The van der Waals surface area contributed by atoms with E-state index >= 15 is 0 Å². The molecular weight excluding hydrogens is 206 g/mol. The zero-order valence-electron chi connectivity index (χ0n) is 9.88. The molecule has 1 N–H and O–H groups in total. The summed E-state index contributed by atoms with van der Waals surface area (Å²) in [5.74, 6) is 0. The number of hydrogen-bond donors (Lipinski definition) is 1. The van der Waals surface area contributed by atoms with Crippen molar-refractivity contribution >= 4 is 17.0 Å². The fourth-order valence-electron chi connectivity index (χ4n) is 1.72. The molecule has 0 saturated heterocycles. The smallest absolute Gasteiger partial charge is 0.280 e. The standard InChI is InChI=1S/C12H21NOS/c1-10(2)13-11(14)15-12(3)8-6-4-5-7-9-12/h6,8,10H,4-5,7,9H2,1-3H3,(H,13,14)/t12-/m0/s1. The summed E-state index contributed by atoms with van der Waals surface area (Å²) < 4.78 is -0.00449. The molecule has 3 heteroatoms. The molecular formula is C12H21NOS. The highest BCUT2D eigenvalue weighted by atomic mass is 32.2. The predicted octanol–water partition coefficient (Wildman–Crippen LogP) is 3.73. The molecule has 0 saturated carbocycles. The Morgan fingerprint density at radius 2 is 2.20 bits per heavy atom. The summed E-state index contributed by atoms with van der Waals surface area (Å²) >= 11 is 1.43. The first kappa shape index (κ1) is 12.6. The van der Waals surface area contributed by atoms with Gasteiger partial charge in [0.2, 0.25) is 0 Å². The molecule has 1 atom stereocenters. The molecule has 0 fully saturated rings. The maximum atomic E-state index is 11.7. The molecule has 0 aromatic carbocycles.